The van der Waals surface area contributed by atoms with Crippen LogP contribution in [-0.4, -0.2) is 0 Å². The second-order valence-corrected chi connectivity index (χ2v) is 4.05. The molecule has 0 aliphatic carbocycles. The first-order valence-electron chi connectivity index (χ1n) is 5.44. The number of hydrogen-bond donors (Lipinski definition) is 0. The molecule has 0 rings (SSSR count). The summed E-state index contributed by atoms with van der Waals surface area (Å²) >= 11 is 0. The van der Waals surface area contributed by atoms with Gasteiger partial charge in [0, 0.05) is 0 Å². The minimum atomic E-state index is 0.811. The summed E-state index contributed by atoms with van der Waals surface area (Å²) in [6.07, 6.45) is 8.19. The average Bonchev–Trinajstić information content (AvgIpc) is 2.11. The van der Waals surface area contributed by atoms with Crippen LogP contribution < -0.4 is 0 Å². The molecule has 0 spiro atoms. The van der Waals surface area contributed by atoms with E-state index in [0.29, 0.717) is 0 Å². The average molecular weight is 180 g/mol. The summed E-state index contributed by atoms with van der Waals surface area (Å²) in [7, 11) is 0. The topological polar surface area (TPSA) is 0 Å². The quantitative estimate of drug-likeness (QED) is 0.537. The van der Waals surface area contributed by atoms with Crippen molar-refractivity contribution in [2.75, 3.05) is 0 Å². The summed E-state index contributed by atoms with van der Waals surface area (Å²) in [5.74, 6) is 0.811. The standard InChI is InChI=1S/C13H24/c1-6-8-9-13(11(3)4)10-12(5)7-2/h8-9,12H,6-7,10H2,1-5H3/b9-8-. The zero-order valence-corrected chi connectivity index (χ0v) is 9.85. The molecule has 0 aromatic rings. The van der Waals surface area contributed by atoms with Crippen molar-refractivity contribution >= 4 is 0 Å². The molecule has 76 valence electrons. The van der Waals surface area contributed by atoms with Gasteiger partial charge in [0.15, 0.2) is 0 Å². The van der Waals surface area contributed by atoms with Crippen LogP contribution >= 0.6 is 0 Å². The van der Waals surface area contributed by atoms with Gasteiger partial charge in [0.2, 0.25) is 0 Å². The summed E-state index contributed by atoms with van der Waals surface area (Å²) in [6, 6.07) is 0. The Morgan fingerprint density at radius 1 is 1.23 bits per heavy atom. The van der Waals surface area contributed by atoms with Crippen molar-refractivity contribution in [1.82, 2.24) is 0 Å². The van der Waals surface area contributed by atoms with Gasteiger partial charge in [-0.2, -0.15) is 0 Å². The van der Waals surface area contributed by atoms with E-state index in [9.17, 15) is 0 Å². The molecule has 1 atom stereocenters. The second kappa shape index (κ2) is 6.94. The third kappa shape index (κ3) is 5.68. The molecule has 0 nitrogen and oxygen atoms in total. The van der Waals surface area contributed by atoms with Crippen LogP contribution in [-0.2, 0) is 0 Å². The third-order valence-corrected chi connectivity index (χ3v) is 2.46. The SMILES string of the molecule is CC/C=C\C(CC(C)CC)=C(C)C. The van der Waals surface area contributed by atoms with Gasteiger partial charge in [-0.25, -0.2) is 0 Å². The molecule has 0 aliphatic rings. The van der Waals surface area contributed by atoms with Crippen LogP contribution in [0.5, 0.6) is 0 Å². The molecule has 0 amide bonds. The van der Waals surface area contributed by atoms with Gasteiger partial charge in [-0.05, 0) is 38.2 Å². The van der Waals surface area contributed by atoms with E-state index in [2.05, 4.69) is 46.8 Å². The third-order valence-electron chi connectivity index (χ3n) is 2.46. The monoisotopic (exact) mass is 180 g/mol. The van der Waals surface area contributed by atoms with Crippen molar-refractivity contribution in [1.29, 1.82) is 0 Å². The highest BCUT2D eigenvalue weighted by Crippen LogP contribution is 2.18. The van der Waals surface area contributed by atoms with Crippen molar-refractivity contribution in [3.63, 3.8) is 0 Å². The first-order valence-corrected chi connectivity index (χ1v) is 5.44. The second-order valence-electron chi connectivity index (χ2n) is 4.05. The highest BCUT2D eigenvalue weighted by molar-refractivity contribution is 5.23. The Balaban J connectivity index is 4.29. The first kappa shape index (κ1) is 12.5. The van der Waals surface area contributed by atoms with Gasteiger partial charge in [0.25, 0.3) is 0 Å². The van der Waals surface area contributed by atoms with Crippen molar-refractivity contribution < 1.29 is 0 Å². The molecule has 0 N–H and O–H groups in total. The van der Waals surface area contributed by atoms with Crippen molar-refractivity contribution in [2.24, 2.45) is 5.92 Å². The summed E-state index contributed by atoms with van der Waals surface area (Å²) in [5, 5.41) is 0. The van der Waals surface area contributed by atoms with Crippen LogP contribution in [0.3, 0.4) is 0 Å². The molecular weight excluding hydrogens is 156 g/mol. The Kier molecular flexibility index (Phi) is 6.66. The molecule has 0 aromatic heterocycles. The molecule has 13 heavy (non-hydrogen) atoms. The predicted octanol–water partition coefficient (Wildman–Crippen LogP) is 4.73. The van der Waals surface area contributed by atoms with E-state index in [4.69, 9.17) is 0 Å². The fourth-order valence-electron chi connectivity index (χ4n) is 1.22. The maximum atomic E-state index is 2.32. The van der Waals surface area contributed by atoms with E-state index in [0.717, 1.165) is 12.3 Å². The van der Waals surface area contributed by atoms with E-state index in [1.807, 2.05) is 0 Å². The lowest BCUT2D eigenvalue weighted by molar-refractivity contribution is 0.560. The smallest absolute Gasteiger partial charge is 0.0254 e. The lowest BCUT2D eigenvalue weighted by Crippen LogP contribution is -1.95. The van der Waals surface area contributed by atoms with Crippen LogP contribution in [0.4, 0.5) is 0 Å². The van der Waals surface area contributed by atoms with Gasteiger partial charge in [-0.1, -0.05) is 44.9 Å². The normalized spacial score (nSPS) is 13.3. The molecule has 0 heterocycles. The molecule has 0 saturated carbocycles. The Labute approximate surface area is 83.7 Å². The lowest BCUT2D eigenvalue weighted by atomic mass is 9.95. The zero-order chi connectivity index (χ0) is 10.3. The summed E-state index contributed by atoms with van der Waals surface area (Å²) < 4.78 is 0. The molecule has 0 aromatic carbocycles. The molecule has 0 heteroatoms. The Hall–Kier alpha value is -0.520. The van der Waals surface area contributed by atoms with Gasteiger partial charge in [-0.15, -0.1) is 0 Å². The minimum absolute atomic E-state index is 0.811. The molecule has 1 unspecified atom stereocenters. The van der Waals surface area contributed by atoms with Crippen LogP contribution in [0.2, 0.25) is 0 Å². The van der Waals surface area contributed by atoms with Crippen LogP contribution in [0, 0.1) is 5.92 Å². The van der Waals surface area contributed by atoms with E-state index < -0.39 is 0 Å². The van der Waals surface area contributed by atoms with Crippen LogP contribution in [0.25, 0.3) is 0 Å². The highest BCUT2D eigenvalue weighted by atomic mass is 14.1. The number of allylic oxidation sites excluding steroid dienone is 4. The molecule has 0 bridgehead atoms. The van der Waals surface area contributed by atoms with Crippen molar-refractivity contribution in [2.45, 2.75) is 53.9 Å². The minimum Gasteiger partial charge on any atom is -0.0845 e. The molecule has 0 radical (unpaired) electrons. The van der Waals surface area contributed by atoms with Gasteiger partial charge in [0.05, 0.1) is 0 Å². The fourth-order valence-corrected chi connectivity index (χ4v) is 1.22. The van der Waals surface area contributed by atoms with E-state index in [1.54, 1.807) is 0 Å². The predicted molar refractivity (Wildman–Crippen MR) is 61.9 cm³/mol. The van der Waals surface area contributed by atoms with Gasteiger partial charge in [-0.3, -0.25) is 0 Å². The number of rotatable bonds is 5. The van der Waals surface area contributed by atoms with Gasteiger partial charge >= 0.3 is 0 Å². The fraction of sp³-hybridized carbons (Fsp3) is 0.692. The zero-order valence-electron chi connectivity index (χ0n) is 9.85. The maximum Gasteiger partial charge on any atom is -0.0254 e. The summed E-state index contributed by atoms with van der Waals surface area (Å²) in [5.41, 5.74) is 2.99. The van der Waals surface area contributed by atoms with Crippen LogP contribution in [0.15, 0.2) is 23.3 Å². The molecule has 0 aliphatic heterocycles. The Bertz CT molecular complexity index is 180. The van der Waals surface area contributed by atoms with Crippen molar-refractivity contribution in [3.8, 4) is 0 Å². The van der Waals surface area contributed by atoms with Gasteiger partial charge < -0.3 is 0 Å². The van der Waals surface area contributed by atoms with E-state index in [-0.39, 0.29) is 0 Å². The Morgan fingerprint density at radius 2 is 1.85 bits per heavy atom. The lowest BCUT2D eigenvalue weighted by Gasteiger charge is -2.10. The molecule has 0 fully saturated rings. The molecule has 0 saturated heterocycles. The highest BCUT2D eigenvalue weighted by Gasteiger charge is 2.02. The largest absolute Gasteiger partial charge is 0.0845 e. The summed E-state index contributed by atoms with van der Waals surface area (Å²) in [6.45, 7) is 11.2. The maximum absolute atomic E-state index is 2.32. The number of hydrogen-bond acceptors (Lipinski definition) is 0. The van der Waals surface area contributed by atoms with E-state index >= 15 is 0 Å². The van der Waals surface area contributed by atoms with Crippen molar-refractivity contribution in [3.05, 3.63) is 23.3 Å². The van der Waals surface area contributed by atoms with Gasteiger partial charge in [0.1, 0.15) is 0 Å². The van der Waals surface area contributed by atoms with E-state index in [1.165, 1.54) is 24.0 Å². The Morgan fingerprint density at radius 3 is 2.23 bits per heavy atom. The first-order chi connectivity index (χ1) is 6.11. The van der Waals surface area contributed by atoms with Crippen LogP contribution in [0.1, 0.15) is 53.9 Å². The summed E-state index contributed by atoms with van der Waals surface area (Å²) in [4.78, 5) is 0. The molecular formula is C13H24.